The zero-order chi connectivity index (χ0) is 18.0. The molecule has 0 amide bonds. The summed E-state index contributed by atoms with van der Waals surface area (Å²) in [7, 11) is 0. The molecule has 0 saturated heterocycles. The Morgan fingerprint density at radius 2 is 1.56 bits per heavy atom. The van der Waals surface area contributed by atoms with Gasteiger partial charge in [-0.25, -0.2) is 18.0 Å². The van der Waals surface area contributed by atoms with Crippen molar-refractivity contribution in [3.8, 4) is 5.75 Å². The third kappa shape index (κ3) is 3.65. The molecule has 0 aromatic heterocycles. The van der Waals surface area contributed by atoms with Crippen molar-refractivity contribution in [2.24, 2.45) is 0 Å². The summed E-state index contributed by atoms with van der Waals surface area (Å²) in [4.78, 5) is 12.2. The molecule has 0 heterocycles. The normalized spacial score (nSPS) is 10.9. The Labute approximate surface area is 142 Å². The molecule has 3 aromatic rings. The fourth-order valence-electron chi connectivity index (χ4n) is 2.64. The van der Waals surface area contributed by atoms with Crippen LogP contribution in [-0.2, 0) is 6.42 Å². The molecule has 128 valence electrons. The van der Waals surface area contributed by atoms with Gasteiger partial charge in [0.2, 0.25) is 5.75 Å². The number of esters is 1. The van der Waals surface area contributed by atoms with Gasteiger partial charge >= 0.3 is 5.97 Å². The van der Waals surface area contributed by atoms with Crippen LogP contribution in [0.5, 0.6) is 5.75 Å². The van der Waals surface area contributed by atoms with Crippen LogP contribution in [0.15, 0.2) is 48.5 Å². The highest BCUT2D eigenvalue weighted by Gasteiger charge is 2.18. The van der Waals surface area contributed by atoms with E-state index in [4.69, 9.17) is 4.74 Å². The number of hydrogen-bond donors (Lipinski definition) is 0. The lowest BCUT2D eigenvalue weighted by molar-refractivity contribution is 0.0720. The van der Waals surface area contributed by atoms with Crippen LogP contribution in [0.3, 0.4) is 0 Å². The average molecular weight is 344 g/mol. The van der Waals surface area contributed by atoms with Gasteiger partial charge in [0.25, 0.3) is 0 Å². The summed E-state index contributed by atoms with van der Waals surface area (Å²) in [5, 5.41) is 1.23. The molecule has 2 nitrogen and oxygen atoms in total. The molecule has 0 spiro atoms. The number of benzene rings is 3. The Morgan fingerprint density at radius 3 is 2.24 bits per heavy atom. The van der Waals surface area contributed by atoms with Crippen LogP contribution in [0, 0.1) is 17.5 Å². The number of rotatable bonds is 4. The van der Waals surface area contributed by atoms with E-state index in [9.17, 15) is 18.0 Å². The summed E-state index contributed by atoms with van der Waals surface area (Å²) < 4.78 is 46.2. The average Bonchev–Trinajstić information content (AvgIpc) is 2.57. The van der Waals surface area contributed by atoms with E-state index in [-0.39, 0.29) is 11.4 Å². The maximum absolute atomic E-state index is 14.0. The molecule has 0 aliphatic carbocycles. The predicted molar refractivity (Wildman–Crippen MR) is 89.2 cm³/mol. The number of fused-ring (bicyclic) bond motifs is 1. The highest BCUT2D eigenvalue weighted by atomic mass is 19.1. The van der Waals surface area contributed by atoms with E-state index in [1.165, 1.54) is 42.5 Å². The molecule has 3 rings (SSSR count). The van der Waals surface area contributed by atoms with Crippen LogP contribution in [0.2, 0.25) is 0 Å². The molecule has 3 aromatic carbocycles. The third-order valence-electron chi connectivity index (χ3n) is 3.83. The Balaban J connectivity index is 1.88. The minimum atomic E-state index is -0.917. The smallest absolute Gasteiger partial charge is 0.343 e. The molecule has 0 radical (unpaired) electrons. The molecular weight excluding hydrogens is 329 g/mol. The lowest BCUT2D eigenvalue weighted by Gasteiger charge is -2.09. The van der Waals surface area contributed by atoms with Gasteiger partial charge in [0.15, 0.2) is 11.6 Å². The van der Waals surface area contributed by atoms with E-state index in [0.717, 1.165) is 6.42 Å². The SMILES string of the molecule is CCCc1cc(F)c(OC(=O)c2ccc3cc(F)ccc3c2)c(F)c1. The first-order valence-electron chi connectivity index (χ1n) is 7.87. The first-order valence-corrected chi connectivity index (χ1v) is 7.87. The maximum Gasteiger partial charge on any atom is 0.343 e. The first-order chi connectivity index (χ1) is 12.0. The summed E-state index contributed by atoms with van der Waals surface area (Å²) in [6, 6.07) is 10.9. The lowest BCUT2D eigenvalue weighted by Crippen LogP contribution is -2.11. The number of aryl methyl sites for hydroxylation is 1. The minimum Gasteiger partial charge on any atom is -0.417 e. The molecule has 0 unspecified atom stereocenters. The zero-order valence-electron chi connectivity index (χ0n) is 13.5. The van der Waals surface area contributed by atoms with Gasteiger partial charge in [-0.05, 0) is 59.2 Å². The molecule has 5 heteroatoms. The molecule has 0 fully saturated rings. The number of carbonyl (C=O) groups is 1. The van der Waals surface area contributed by atoms with Crippen LogP contribution in [0.25, 0.3) is 10.8 Å². The molecular formula is C20H15F3O2. The fourth-order valence-corrected chi connectivity index (χ4v) is 2.64. The molecule has 25 heavy (non-hydrogen) atoms. The largest absolute Gasteiger partial charge is 0.417 e. The summed E-state index contributed by atoms with van der Waals surface area (Å²) in [5.74, 6) is -3.82. The molecule has 0 bridgehead atoms. The number of ether oxygens (including phenoxy) is 1. The number of hydrogen-bond acceptors (Lipinski definition) is 2. The quantitative estimate of drug-likeness (QED) is 0.466. The van der Waals surface area contributed by atoms with Crippen LogP contribution in [-0.4, -0.2) is 5.97 Å². The van der Waals surface area contributed by atoms with Gasteiger partial charge in [-0.2, -0.15) is 0 Å². The number of halogens is 3. The van der Waals surface area contributed by atoms with Crippen molar-refractivity contribution in [2.45, 2.75) is 19.8 Å². The molecule has 0 atom stereocenters. The van der Waals surface area contributed by atoms with Gasteiger partial charge < -0.3 is 4.74 Å². The standard InChI is InChI=1S/C20H15F3O2/c1-2-3-12-8-17(22)19(18(23)9-12)25-20(24)15-5-4-14-11-16(21)7-6-13(14)10-15/h4-11H,2-3H2,1H3. The lowest BCUT2D eigenvalue weighted by atomic mass is 10.1. The molecule has 0 aliphatic heterocycles. The highest BCUT2D eigenvalue weighted by molar-refractivity contribution is 5.96. The monoisotopic (exact) mass is 344 g/mol. The number of carbonyl (C=O) groups excluding carboxylic acids is 1. The second-order valence-electron chi connectivity index (χ2n) is 5.73. The Kier molecular flexibility index (Phi) is 4.74. The van der Waals surface area contributed by atoms with Gasteiger partial charge in [0.05, 0.1) is 5.56 Å². The van der Waals surface area contributed by atoms with Crippen molar-refractivity contribution >= 4 is 16.7 Å². The topological polar surface area (TPSA) is 26.3 Å². The highest BCUT2D eigenvalue weighted by Crippen LogP contribution is 2.26. The third-order valence-corrected chi connectivity index (χ3v) is 3.83. The van der Waals surface area contributed by atoms with Gasteiger partial charge in [0.1, 0.15) is 5.82 Å². The first kappa shape index (κ1) is 17.0. The second kappa shape index (κ2) is 6.97. The fraction of sp³-hybridized carbons (Fsp3) is 0.150. The summed E-state index contributed by atoms with van der Waals surface area (Å²) in [6.07, 6.45) is 1.28. The van der Waals surface area contributed by atoms with E-state index in [2.05, 4.69) is 0 Å². The molecule has 0 N–H and O–H groups in total. The Morgan fingerprint density at radius 1 is 0.920 bits per heavy atom. The minimum absolute atomic E-state index is 0.121. The molecule has 0 saturated carbocycles. The van der Waals surface area contributed by atoms with E-state index >= 15 is 0 Å². The van der Waals surface area contributed by atoms with Crippen molar-refractivity contribution < 1.29 is 22.7 Å². The zero-order valence-corrected chi connectivity index (χ0v) is 13.5. The summed E-state index contributed by atoms with van der Waals surface area (Å²) in [5.41, 5.74) is 0.626. The van der Waals surface area contributed by atoms with Crippen molar-refractivity contribution in [3.05, 3.63) is 77.1 Å². The van der Waals surface area contributed by atoms with E-state index in [1.54, 1.807) is 6.07 Å². The van der Waals surface area contributed by atoms with Gasteiger partial charge in [-0.1, -0.05) is 25.5 Å². The van der Waals surface area contributed by atoms with Crippen molar-refractivity contribution in [1.29, 1.82) is 0 Å². The maximum atomic E-state index is 14.0. The summed E-state index contributed by atoms with van der Waals surface area (Å²) >= 11 is 0. The van der Waals surface area contributed by atoms with Crippen LogP contribution in [0.4, 0.5) is 13.2 Å². The van der Waals surface area contributed by atoms with Gasteiger partial charge in [0, 0.05) is 0 Å². The van der Waals surface area contributed by atoms with Crippen molar-refractivity contribution in [3.63, 3.8) is 0 Å². The van der Waals surface area contributed by atoms with E-state index in [1.807, 2.05) is 6.92 Å². The second-order valence-corrected chi connectivity index (χ2v) is 5.73. The predicted octanol–water partition coefficient (Wildman–Crippen LogP) is 5.43. The molecule has 0 aliphatic rings. The Bertz CT molecular complexity index is 928. The van der Waals surface area contributed by atoms with Crippen LogP contribution in [0.1, 0.15) is 29.3 Å². The van der Waals surface area contributed by atoms with E-state index in [0.29, 0.717) is 22.8 Å². The van der Waals surface area contributed by atoms with Gasteiger partial charge in [-0.3, -0.25) is 0 Å². The van der Waals surface area contributed by atoms with Crippen molar-refractivity contribution in [1.82, 2.24) is 0 Å². The Hall–Kier alpha value is -2.82. The van der Waals surface area contributed by atoms with E-state index < -0.39 is 23.4 Å². The summed E-state index contributed by atoms with van der Waals surface area (Å²) in [6.45, 7) is 1.90. The van der Waals surface area contributed by atoms with Gasteiger partial charge in [-0.15, -0.1) is 0 Å². The van der Waals surface area contributed by atoms with Crippen LogP contribution < -0.4 is 4.74 Å². The van der Waals surface area contributed by atoms with Crippen LogP contribution >= 0.6 is 0 Å². The van der Waals surface area contributed by atoms with Crippen molar-refractivity contribution in [2.75, 3.05) is 0 Å².